The molecule has 17 heavy (non-hydrogen) atoms. The van der Waals surface area contributed by atoms with Crippen molar-refractivity contribution in [2.24, 2.45) is 0 Å². The van der Waals surface area contributed by atoms with E-state index in [4.69, 9.17) is 10.5 Å². The number of hydrogen-bond donors (Lipinski definition) is 2. The summed E-state index contributed by atoms with van der Waals surface area (Å²) < 4.78 is 5.35. The molecule has 0 aromatic heterocycles. The smallest absolute Gasteiger partial charge is 0.244 e. The van der Waals surface area contributed by atoms with E-state index in [2.05, 4.69) is 5.32 Å². The second-order valence-electron chi connectivity index (χ2n) is 3.99. The van der Waals surface area contributed by atoms with Gasteiger partial charge in [-0.05, 0) is 24.3 Å². The van der Waals surface area contributed by atoms with Gasteiger partial charge in [-0.15, -0.1) is 0 Å². The highest BCUT2D eigenvalue weighted by Gasteiger charge is 2.28. The molecule has 3 N–H and O–H groups in total. The predicted molar refractivity (Wildman–Crippen MR) is 66.9 cm³/mol. The van der Waals surface area contributed by atoms with Crippen molar-refractivity contribution in [3.05, 3.63) is 24.3 Å². The van der Waals surface area contributed by atoms with E-state index in [1.54, 1.807) is 7.05 Å². The van der Waals surface area contributed by atoms with Crippen LogP contribution in [0.3, 0.4) is 0 Å². The summed E-state index contributed by atoms with van der Waals surface area (Å²) in [7, 11) is 1.64. The van der Waals surface area contributed by atoms with Gasteiger partial charge >= 0.3 is 0 Å². The number of likely N-dealkylation sites (N-methyl/N-ethyl adjacent to an activating group) is 1. The lowest BCUT2D eigenvalue weighted by molar-refractivity contribution is -0.124. The number of rotatable bonds is 2. The number of nitrogens with one attached hydrogen (secondary N) is 1. The maximum absolute atomic E-state index is 11.8. The number of hydrogen-bond acceptors (Lipinski definition) is 4. The molecule has 1 atom stereocenters. The van der Waals surface area contributed by atoms with Crippen molar-refractivity contribution >= 4 is 17.3 Å². The van der Waals surface area contributed by atoms with E-state index < -0.39 is 0 Å². The van der Waals surface area contributed by atoms with Crippen molar-refractivity contribution in [1.29, 1.82) is 0 Å². The molecule has 0 radical (unpaired) electrons. The standard InChI is InChI=1S/C12H17N3O2/c1-14-12(16)11-8-17-7-6-15(11)10-4-2-9(13)3-5-10/h2-5,11H,6-8,13H2,1H3,(H,14,16). The molecule has 1 amide bonds. The summed E-state index contributed by atoms with van der Waals surface area (Å²) >= 11 is 0. The number of carbonyl (C=O) groups is 1. The minimum atomic E-state index is -0.266. The summed E-state index contributed by atoms with van der Waals surface area (Å²) in [4.78, 5) is 13.8. The Hall–Kier alpha value is -1.75. The summed E-state index contributed by atoms with van der Waals surface area (Å²) in [6.07, 6.45) is 0. The molecule has 0 aliphatic carbocycles. The third kappa shape index (κ3) is 2.50. The van der Waals surface area contributed by atoms with Crippen LogP contribution in [0.2, 0.25) is 0 Å². The zero-order valence-electron chi connectivity index (χ0n) is 9.85. The topological polar surface area (TPSA) is 67.6 Å². The second-order valence-corrected chi connectivity index (χ2v) is 3.99. The van der Waals surface area contributed by atoms with Crippen LogP contribution in [0, 0.1) is 0 Å². The van der Waals surface area contributed by atoms with Crippen molar-refractivity contribution in [1.82, 2.24) is 5.32 Å². The van der Waals surface area contributed by atoms with Gasteiger partial charge in [0.15, 0.2) is 0 Å². The fraction of sp³-hybridized carbons (Fsp3) is 0.417. The van der Waals surface area contributed by atoms with E-state index in [1.807, 2.05) is 29.2 Å². The lowest BCUT2D eigenvalue weighted by Gasteiger charge is -2.36. The number of anilines is 2. The first-order chi connectivity index (χ1) is 8.22. The van der Waals surface area contributed by atoms with Crippen molar-refractivity contribution in [2.45, 2.75) is 6.04 Å². The summed E-state index contributed by atoms with van der Waals surface area (Å²) in [5.41, 5.74) is 7.37. The Balaban J connectivity index is 2.21. The molecule has 1 aromatic rings. The molecular formula is C12H17N3O2. The average molecular weight is 235 g/mol. The third-order valence-corrected chi connectivity index (χ3v) is 2.90. The fourth-order valence-corrected chi connectivity index (χ4v) is 1.96. The molecule has 1 aliphatic heterocycles. The molecule has 5 heteroatoms. The lowest BCUT2D eigenvalue weighted by Crippen LogP contribution is -2.53. The van der Waals surface area contributed by atoms with Crippen LogP contribution in [0.4, 0.5) is 11.4 Å². The van der Waals surface area contributed by atoms with Crippen LogP contribution in [-0.4, -0.2) is 38.8 Å². The molecule has 1 saturated heterocycles. The van der Waals surface area contributed by atoms with Crippen molar-refractivity contribution < 1.29 is 9.53 Å². The van der Waals surface area contributed by atoms with Crippen LogP contribution in [0.5, 0.6) is 0 Å². The molecule has 2 rings (SSSR count). The number of amides is 1. The van der Waals surface area contributed by atoms with E-state index in [0.29, 0.717) is 19.8 Å². The van der Waals surface area contributed by atoms with E-state index in [9.17, 15) is 4.79 Å². The first-order valence-electron chi connectivity index (χ1n) is 5.64. The molecule has 92 valence electrons. The first kappa shape index (κ1) is 11.7. The summed E-state index contributed by atoms with van der Waals surface area (Å²) in [5, 5.41) is 2.66. The molecule has 1 fully saturated rings. The summed E-state index contributed by atoms with van der Waals surface area (Å²) in [6.45, 7) is 1.77. The molecule has 1 unspecified atom stereocenters. The number of nitrogen functional groups attached to an aromatic ring is 1. The maximum atomic E-state index is 11.8. The predicted octanol–water partition coefficient (Wildman–Crippen LogP) is 0.220. The number of benzene rings is 1. The molecule has 1 aliphatic rings. The summed E-state index contributed by atoms with van der Waals surface area (Å²) in [6, 6.07) is 7.27. The SMILES string of the molecule is CNC(=O)C1COCCN1c1ccc(N)cc1. The Morgan fingerprint density at radius 3 is 2.82 bits per heavy atom. The lowest BCUT2D eigenvalue weighted by atomic mass is 10.1. The highest BCUT2D eigenvalue weighted by molar-refractivity contribution is 5.85. The fourth-order valence-electron chi connectivity index (χ4n) is 1.96. The Bertz CT molecular complexity index is 391. The highest BCUT2D eigenvalue weighted by atomic mass is 16.5. The number of morpholine rings is 1. The average Bonchev–Trinajstić information content (AvgIpc) is 2.39. The minimum Gasteiger partial charge on any atom is -0.399 e. The largest absolute Gasteiger partial charge is 0.399 e. The van der Waals surface area contributed by atoms with Crippen molar-refractivity contribution in [3.8, 4) is 0 Å². The second kappa shape index (κ2) is 5.05. The van der Waals surface area contributed by atoms with Gasteiger partial charge in [-0.25, -0.2) is 0 Å². The van der Waals surface area contributed by atoms with Crippen molar-refractivity contribution in [3.63, 3.8) is 0 Å². The normalized spacial score (nSPS) is 20.1. The van der Waals surface area contributed by atoms with E-state index in [1.165, 1.54) is 0 Å². The van der Waals surface area contributed by atoms with Gasteiger partial charge < -0.3 is 20.7 Å². The van der Waals surface area contributed by atoms with E-state index >= 15 is 0 Å². The van der Waals surface area contributed by atoms with Gasteiger partial charge in [0.1, 0.15) is 6.04 Å². The van der Waals surface area contributed by atoms with E-state index in [-0.39, 0.29) is 11.9 Å². The van der Waals surface area contributed by atoms with Gasteiger partial charge in [-0.2, -0.15) is 0 Å². The monoisotopic (exact) mass is 235 g/mol. The van der Waals surface area contributed by atoms with Crippen LogP contribution >= 0.6 is 0 Å². The minimum absolute atomic E-state index is 0.0264. The van der Waals surface area contributed by atoms with Crippen LogP contribution in [0.15, 0.2) is 24.3 Å². The number of ether oxygens (including phenoxy) is 1. The number of nitrogens with zero attached hydrogens (tertiary/aromatic N) is 1. The van der Waals surface area contributed by atoms with Gasteiger partial charge in [0, 0.05) is 25.0 Å². The quantitative estimate of drug-likeness (QED) is 0.720. The van der Waals surface area contributed by atoms with Crippen LogP contribution in [0.1, 0.15) is 0 Å². The molecule has 1 heterocycles. The van der Waals surface area contributed by atoms with Crippen LogP contribution < -0.4 is 16.0 Å². The number of nitrogens with two attached hydrogens (primary N) is 1. The third-order valence-electron chi connectivity index (χ3n) is 2.90. The molecule has 0 spiro atoms. The zero-order valence-corrected chi connectivity index (χ0v) is 9.85. The zero-order chi connectivity index (χ0) is 12.3. The summed E-state index contributed by atoms with van der Waals surface area (Å²) in [5.74, 6) is -0.0264. The Labute approximate surface area is 101 Å². The van der Waals surface area contributed by atoms with Crippen LogP contribution in [-0.2, 0) is 9.53 Å². The Kier molecular flexibility index (Phi) is 3.49. The Morgan fingerprint density at radius 1 is 1.47 bits per heavy atom. The molecule has 0 bridgehead atoms. The highest BCUT2D eigenvalue weighted by Crippen LogP contribution is 2.21. The number of carbonyl (C=O) groups excluding carboxylic acids is 1. The molecule has 5 nitrogen and oxygen atoms in total. The van der Waals surface area contributed by atoms with Crippen molar-refractivity contribution in [2.75, 3.05) is 37.4 Å². The molecule has 0 saturated carbocycles. The van der Waals surface area contributed by atoms with E-state index in [0.717, 1.165) is 11.4 Å². The van der Waals surface area contributed by atoms with Gasteiger partial charge in [0.2, 0.25) is 5.91 Å². The first-order valence-corrected chi connectivity index (χ1v) is 5.64. The van der Waals surface area contributed by atoms with Gasteiger partial charge in [0.25, 0.3) is 0 Å². The van der Waals surface area contributed by atoms with Crippen LogP contribution in [0.25, 0.3) is 0 Å². The van der Waals surface area contributed by atoms with Gasteiger partial charge in [0.05, 0.1) is 13.2 Å². The van der Waals surface area contributed by atoms with Gasteiger partial charge in [-0.3, -0.25) is 4.79 Å². The Morgan fingerprint density at radius 2 is 2.18 bits per heavy atom. The molecular weight excluding hydrogens is 218 g/mol. The molecule has 1 aromatic carbocycles. The van der Waals surface area contributed by atoms with Gasteiger partial charge in [-0.1, -0.05) is 0 Å². The maximum Gasteiger partial charge on any atom is 0.244 e.